The summed E-state index contributed by atoms with van der Waals surface area (Å²) in [4.78, 5) is 17.0. The predicted molar refractivity (Wildman–Crippen MR) is 104 cm³/mol. The van der Waals surface area contributed by atoms with Gasteiger partial charge in [0.1, 0.15) is 6.61 Å². The van der Waals surface area contributed by atoms with Crippen LogP contribution >= 0.6 is 0 Å². The van der Waals surface area contributed by atoms with Crippen molar-refractivity contribution in [2.75, 3.05) is 6.54 Å². The number of alkyl carbamates (subject to hydrolysis) is 1. The van der Waals surface area contributed by atoms with E-state index in [1.807, 2.05) is 48.5 Å². The maximum absolute atomic E-state index is 12.3. The highest BCUT2D eigenvalue weighted by molar-refractivity contribution is 5.94. The minimum atomic E-state index is -0.409. The second-order valence-electron chi connectivity index (χ2n) is 6.29. The third-order valence-corrected chi connectivity index (χ3v) is 4.28. The van der Waals surface area contributed by atoms with Crippen molar-refractivity contribution in [2.45, 2.75) is 31.9 Å². The number of amides is 1. The van der Waals surface area contributed by atoms with Gasteiger partial charge in [0, 0.05) is 18.7 Å². The molecule has 1 atom stereocenters. The second kappa shape index (κ2) is 9.56. The summed E-state index contributed by atoms with van der Waals surface area (Å²) >= 11 is 0. The number of nitrogens with one attached hydrogen (secondary N) is 1. The minimum Gasteiger partial charge on any atom is -0.445 e. The van der Waals surface area contributed by atoms with Gasteiger partial charge in [0.2, 0.25) is 0 Å². The molecule has 0 aliphatic carbocycles. The topological polar surface area (TPSA) is 50.7 Å². The summed E-state index contributed by atoms with van der Waals surface area (Å²) in [5, 5.41) is 2.98. The highest BCUT2D eigenvalue weighted by Crippen LogP contribution is 2.10. The second-order valence-corrected chi connectivity index (χ2v) is 6.29. The molecule has 3 rings (SSSR count). The van der Waals surface area contributed by atoms with Crippen LogP contribution in [0.3, 0.4) is 0 Å². The molecule has 1 aliphatic heterocycles. The lowest BCUT2D eigenvalue weighted by atomic mass is 9.99. The Labute approximate surface area is 154 Å². The van der Waals surface area contributed by atoms with Crippen LogP contribution in [0.4, 0.5) is 4.79 Å². The first-order valence-corrected chi connectivity index (χ1v) is 9.00. The van der Waals surface area contributed by atoms with E-state index in [4.69, 9.17) is 9.73 Å². The fourth-order valence-corrected chi connectivity index (χ4v) is 2.91. The van der Waals surface area contributed by atoms with Gasteiger partial charge in [-0.15, -0.1) is 0 Å². The highest BCUT2D eigenvalue weighted by Gasteiger charge is 2.19. The molecule has 134 valence electrons. The molecule has 1 amide bonds. The lowest BCUT2D eigenvalue weighted by Crippen LogP contribution is -2.42. The van der Waals surface area contributed by atoms with Crippen LogP contribution < -0.4 is 5.32 Å². The number of hydrogen-bond acceptors (Lipinski definition) is 3. The number of ether oxygens (including phenoxy) is 1. The Morgan fingerprint density at radius 1 is 1.00 bits per heavy atom. The fourth-order valence-electron chi connectivity index (χ4n) is 2.91. The molecule has 0 bridgehead atoms. The van der Waals surface area contributed by atoms with E-state index in [9.17, 15) is 4.79 Å². The van der Waals surface area contributed by atoms with E-state index in [0.717, 1.165) is 37.1 Å². The van der Waals surface area contributed by atoms with Crippen LogP contribution in [-0.4, -0.2) is 24.4 Å². The van der Waals surface area contributed by atoms with Gasteiger partial charge in [-0.25, -0.2) is 4.79 Å². The van der Waals surface area contributed by atoms with Gasteiger partial charge in [-0.2, -0.15) is 0 Å². The number of carbonyl (C=O) groups is 1. The third kappa shape index (κ3) is 5.59. The number of aliphatic imine (C=N–C) groups is 1. The van der Waals surface area contributed by atoms with Crippen molar-refractivity contribution in [3.05, 3.63) is 83.9 Å². The van der Waals surface area contributed by atoms with Gasteiger partial charge in [-0.3, -0.25) is 4.99 Å². The molecule has 4 heteroatoms. The quantitative estimate of drug-likeness (QED) is 0.818. The molecule has 0 unspecified atom stereocenters. The van der Waals surface area contributed by atoms with Gasteiger partial charge >= 0.3 is 6.09 Å². The van der Waals surface area contributed by atoms with Crippen LogP contribution in [0.15, 0.2) is 77.8 Å². The smallest absolute Gasteiger partial charge is 0.408 e. The zero-order valence-corrected chi connectivity index (χ0v) is 14.8. The first-order valence-electron chi connectivity index (χ1n) is 9.00. The van der Waals surface area contributed by atoms with Gasteiger partial charge < -0.3 is 10.1 Å². The Morgan fingerprint density at radius 2 is 1.69 bits per heavy atom. The molecule has 26 heavy (non-hydrogen) atoms. The van der Waals surface area contributed by atoms with Crippen molar-refractivity contribution in [1.82, 2.24) is 5.32 Å². The van der Waals surface area contributed by atoms with E-state index < -0.39 is 6.09 Å². The maximum atomic E-state index is 12.3. The third-order valence-electron chi connectivity index (χ3n) is 4.28. The van der Waals surface area contributed by atoms with Gasteiger partial charge in [0.25, 0.3) is 0 Å². The molecule has 0 fully saturated rings. The number of nitrogens with zero attached hydrogens (tertiary/aromatic N) is 1. The largest absolute Gasteiger partial charge is 0.445 e. The number of rotatable bonds is 5. The molecule has 2 aromatic carbocycles. The average molecular weight is 348 g/mol. The minimum absolute atomic E-state index is 0.143. The highest BCUT2D eigenvalue weighted by atomic mass is 16.5. The van der Waals surface area contributed by atoms with Gasteiger partial charge in [-0.05, 0) is 24.0 Å². The van der Waals surface area contributed by atoms with Crippen molar-refractivity contribution in [1.29, 1.82) is 0 Å². The maximum Gasteiger partial charge on any atom is 0.408 e. The monoisotopic (exact) mass is 348 g/mol. The first kappa shape index (κ1) is 17.9. The normalized spacial score (nSPS) is 16.9. The lowest BCUT2D eigenvalue weighted by molar-refractivity contribution is 0.138. The average Bonchev–Trinajstić information content (AvgIpc) is 2.67. The van der Waals surface area contributed by atoms with Crippen molar-refractivity contribution in [3.8, 4) is 0 Å². The summed E-state index contributed by atoms with van der Waals surface area (Å²) in [6.07, 6.45) is 6.22. The summed E-state index contributed by atoms with van der Waals surface area (Å²) in [7, 11) is 0. The molecule has 1 heterocycles. The summed E-state index contributed by atoms with van der Waals surface area (Å²) in [5.41, 5.74) is 3.16. The molecule has 0 saturated heterocycles. The van der Waals surface area contributed by atoms with Gasteiger partial charge in [-0.1, -0.05) is 72.8 Å². The number of hydrogen-bond donors (Lipinski definition) is 1. The van der Waals surface area contributed by atoms with Crippen LogP contribution in [0.1, 0.15) is 24.0 Å². The standard InChI is InChI=1S/C22H24N2O2/c25-22(26-17-19-12-6-2-7-13-19)24-20-14-8-3-9-15-23-21(20)16-18-10-4-1-5-11-18/h1-8,10-13,20H,9,14-17H2,(H,24,25)/t20-/m1/s1. The Bertz CT molecular complexity index is 754. The molecule has 0 aromatic heterocycles. The molecule has 1 aliphatic rings. The van der Waals surface area contributed by atoms with E-state index in [0.29, 0.717) is 0 Å². The lowest BCUT2D eigenvalue weighted by Gasteiger charge is -2.21. The predicted octanol–water partition coefficient (Wildman–Crippen LogP) is 4.32. The van der Waals surface area contributed by atoms with E-state index in [1.165, 1.54) is 5.56 Å². The van der Waals surface area contributed by atoms with Crippen LogP contribution in [-0.2, 0) is 17.8 Å². The van der Waals surface area contributed by atoms with E-state index in [-0.39, 0.29) is 12.6 Å². The zero-order valence-electron chi connectivity index (χ0n) is 14.8. The van der Waals surface area contributed by atoms with Gasteiger partial charge in [0.15, 0.2) is 0 Å². The molecule has 2 aromatic rings. The Kier molecular flexibility index (Phi) is 6.59. The Morgan fingerprint density at radius 3 is 2.42 bits per heavy atom. The molecular formula is C22H24N2O2. The van der Waals surface area contributed by atoms with Crippen LogP contribution in [0.5, 0.6) is 0 Å². The number of benzene rings is 2. The van der Waals surface area contributed by atoms with Crippen molar-refractivity contribution in [2.24, 2.45) is 4.99 Å². The Hall–Kier alpha value is -2.88. The summed E-state index contributed by atoms with van der Waals surface area (Å²) in [6, 6.07) is 19.8. The molecule has 0 radical (unpaired) electrons. The fraction of sp³-hybridized carbons (Fsp3) is 0.273. The SMILES string of the molecule is O=C(N[C@@H]1CC=CCCN=C1Cc1ccccc1)OCc1ccccc1. The molecule has 0 saturated carbocycles. The molecular weight excluding hydrogens is 324 g/mol. The van der Waals surface area contributed by atoms with E-state index in [1.54, 1.807) is 0 Å². The zero-order chi connectivity index (χ0) is 18.0. The van der Waals surface area contributed by atoms with Crippen LogP contribution in [0.25, 0.3) is 0 Å². The van der Waals surface area contributed by atoms with Crippen molar-refractivity contribution >= 4 is 11.8 Å². The molecule has 0 spiro atoms. The Balaban J connectivity index is 1.62. The summed E-state index contributed by atoms with van der Waals surface area (Å²) in [5.74, 6) is 0. The molecule has 4 nitrogen and oxygen atoms in total. The van der Waals surface area contributed by atoms with Crippen molar-refractivity contribution in [3.63, 3.8) is 0 Å². The van der Waals surface area contributed by atoms with Crippen molar-refractivity contribution < 1.29 is 9.53 Å². The molecule has 1 N–H and O–H groups in total. The number of carbonyl (C=O) groups excluding carboxylic acids is 1. The summed E-state index contributed by atoms with van der Waals surface area (Å²) < 4.78 is 5.37. The van der Waals surface area contributed by atoms with E-state index in [2.05, 4.69) is 29.6 Å². The van der Waals surface area contributed by atoms with Gasteiger partial charge in [0.05, 0.1) is 6.04 Å². The summed E-state index contributed by atoms with van der Waals surface area (Å²) in [6.45, 7) is 1.01. The van der Waals surface area contributed by atoms with Crippen LogP contribution in [0, 0.1) is 0 Å². The first-order chi connectivity index (χ1) is 12.8. The van der Waals surface area contributed by atoms with Crippen LogP contribution in [0.2, 0.25) is 0 Å². The van der Waals surface area contributed by atoms with E-state index >= 15 is 0 Å².